The molecule has 0 fully saturated rings. The minimum Gasteiger partial charge on any atom is -0.327 e. The van der Waals surface area contributed by atoms with Gasteiger partial charge in [-0.1, -0.05) is 35.8 Å². The van der Waals surface area contributed by atoms with Gasteiger partial charge in [0.05, 0.1) is 0 Å². The highest BCUT2D eigenvalue weighted by Crippen LogP contribution is 2.36. The van der Waals surface area contributed by atoms with Crippen molar-refractivity contribution in [3.05, 3.63) is 33.8 Å². The van der Waals surface area contributed by atoms with E-state index in [2.05, 4.69) is 48.0 Å². The Hall–Kier alpha value is -0.340. The number of halogens is 1. The summed E-state index contributed by atoms with van der Waals surface area (Å²) >= 11 is 3.51. The van der Waals surface area contributed by atoms with Crippen molar-refractivity contribution in [3.63, 3.8) is 0 Å². The molecule has 0 heterocycles. The Kier molecular flexibility index (Phi) is 2.44. The zero-order valence-corrected chi connectivity index (χ0v) is 10.3. The second-order valence-corrected chi connectivity index (χ2v) is 5.58. The first-order valence-electron chi connectivity index (χ1n) is 5.06. The van der Waals surface area contributed by atoms with Gasteiger partial charge in [0.1, 0.15) is 0 Å². The van der Waals surface area contributed by atoms with Crippen LogP contribution in [0.1, 0.15) is 31.4 Å². The third kappa shape index (κ3) is 1.51. The molecule has 1 atom stereocenters. The van der Waals surface area contributed by atoms with E-state index in [0.717, 1.165) is 12.8 Å². The Balaban J connectivity index is 2.53. The second kappa shape index (κ2) is 3.35. The van der Waals surface area contributed by atoms with Crippen molar-refractivity contribution >= 4 is 15.9 Å². The maximum atomic E-state index is 6.15. The minimum atomic E-state index is 0.119. The van der Waals surface area contributed by atoms with E-state index >= 15 is 0 Å². The van der Waals surface area contributed by atoms with Crippen LogP contribution in [0.5, 0.6) is 0 Å². The molecule has 2 heteroatoms. The van der Waals surface area contributed by atoms with Gasteiger partial charge >= 0.3 is 0 Å². The van der Waals surface area contributed by atoms with Crippen molar-refractivity contribution in [2.45, 2.75) is 38.1 Å². The maximum absolute atomic E-state index is 6.15. The summed E-state index contributed by atoms with van der Waals surface area (Å²) in [5, 5.41) is 0. The smallest absolute Gasteiger partial charge is 0.0178 e. The monoisotopic (exact) mass is 253 g/mol. The van der Waals surface area contributed by atoms with Gasteiger partial charge in [-0.15, -0.1) is 0 Å². The first-order chi connectivity index (χ1) is 6.51. The van der Waals surface area contributed by atoms with E-state index in [4.69, 9.17) is 5.73 Å². The normalized spacial score (nSPS) is 24.4. The van der Waals surface area contributed by atoms with Crippen molar-refractivity contribution in [1.82, 2.24) is 0 Å². The Morgan fingerprint density at radius 3 is 2.86 bits per heavy atom. The number of hydrogen-bond acceptors (Lipinski definition) is 1. The number of aryl methyl sites for hydroxylation is 1. The fourth-order valence-electron chi connectivity index (χ4n) is 2.27. The van der Waals surface area contributed by atoms with Crippen LogP contribution in [0.2, 0.25) is 0 Å². The molecule has 1 aliphatic carbocycles. The lowest BCUT2D eigenvalue weighted by Gasteiger charge is -2.38. The second-order valence-electron chi connectivity index (χ2n) is 4.67. The summed E-state index contributed by atoms with van der Waals surface area (Å²) in [6, 6.07) is 6.83. The van der Waals surface area contributed by atoms with Gasteiger partial charge in [0, 0.05) is 15.9 Å². The molecule has 1 unspecified atom stereocenters. The first-order valence-corrected chi connectivity index (χ1v) is 5.85. The Morgan fingerprint density at radius 2 is 2.14 bits per heavy atom. The summed E-state index contributed by atoms with van der Waals surface area (Å²) in [6.45, 7) is 4.48. The van der Waals surface area contributed by atoms with Gasteiger partial charge in [-0.05, 0) is 36.1 Å². The molecule has 76 valence electrons. The first kappa shape index (κ1) is 10.2. The number of benzene rings is 1. The molecule has 0 aromatic heterocycles. The van der Waals surface area contributed by atoms with E-state index in [1.807, 2.05) is 0 Å². The molecule has 0 radical (unpaired) electrons. The molecule has 2 rings (SSSR count). The summed E-state index contributed by atoms with van der Waals surface area (Å²) in [6.07, 6.45) is 2.20. The van der Waals surface area contributed by atoms with Crippen LogP contribution >= 0.6 is 15.9 Å². The lowest BCUT2D eigenvalue weighted by atomic mass is 9.70. The molecule has 0 bridgehead atoms. The van der Waals surface area contributed by atoms with Crippen LogP contribution in [0, 0.1) is 0 Å². The van der Waals surface area contributed by atoms with E-state index in [0.29, 0.717) is 0 Å². The summed E-state index contributed by atoms with van der Waals surface area (Å²) in [5.41, 5.74) is 9.14. The van der Waals surface area contributed by atoms with Crippen molar-refractivity contribution < 1.29 is 0 Å². The fourth-order valence-corrected chi connectivity index (χ4v) is 2.68. The molecule has 1 aliphatic rings. The van der Waals surface area contributed by atoms with Gasteiger partial charge in [0.25, 0.3) is 0 Å². The summed E-state index contributed by atoms with van der Waals surface area (Å²) < 4.78 is 1.17. The van der Waals surface area contributed by atoms with Crippen molar-refractivity contribution in [2.75, 3.05) is 0 Å². The lowest BCUT2D eigenvalue weighted by molar-refractivity contribution is 0.364. The van der Waals surface area contributed by atoms with Crippen molar-refractivity contribution in [1.29, 1.82) is 0 Å². The third-order valence-corrected chi connectivity index (χ3v) is 3.91. The molecule has 1 aromatic carbocycles. The van der Waals surface area contributed by atoms with Crippen LogP contribution in [0.25, 0.3) is 0 Å². The lowest BCUT2D eigenvalue weighted by Crippen LogP contribution is -2.44. The molecule has 0 amide bonds. The van der Waals surface area contributed by atoms with Gasteiger partial charge in [0.15, 0.2) is 0 Å². The van der Waals surface area contributed by atoms with Gasteiger partial charge in [0.2, 0.25) is 0 Å². The average molecular weight is 254 g/mol. The molecule has 1 nitrogen and oxygen atoms in total. The van der Waals surface area contributed by atoms with E-state index in [9.17, 15) is 0 Å². The zero-order chi connectivity index (χ0) is 10.3. The molecule has 2 N–H and O–H groups in total. The highest BCUT2D eigenvalue weighted by Gasteiger charge is 2.33. The molecule has 0 saturated carbocycles. The molecular weight excluding hydrogens is 238 g/mol. The summed E-state index contributed by atoms with van der Waals surface area (Å²) in [5.74, 6) is 0. The highest BCUT2D eigenvalue weighted by molar-refractivity contribution is 9.10. The van der Waals surface area contributed by atoms with Crippen molar-refractivity contribution in [2.24, 2.45) is 5.73 Å². The summed E-state index contributed by atoms with van der Waals surface area (Å²) in [4.78, 5) is 0. The number of fused-ring (bicyclic) bond motifs is 1. The molecule has 0 spiro atoms. The van der Waals surface area contributed by atoms with E-state index in [-0.39, 0.29) is 11.5 Å². The predicted octanol–water partition coefficient (Wildman–Crippen LogP) is 3.00. The SMILES string of the molecule is CC1(C)c2ccc(Br)cc2CCC1N. The minimum absolute atomic E-state index is 0.119. The van der Waals surface area contributed by atoms with E-state index in [1.54, 1.807) is 0 Å². The highest BCUT2D eigenvalue weighted by atomic mass is 79.9. The number of hydrogen-bond donors (Lipinski definition) is 1. The molecule has 1 aromatic rings. The van der Waals surface area contributed by atoms with E-state index < -0.39 is 0 Å². The standard InChI is InChI=1S/C12H16BrN/c1-12(2)10-5-4-9(13)7-8(10)3-6-11(12)14/h4-5,7,11H,3,6,14H2,1-2H3. The molecule has 0 saturated heterocycles. The molecule has 0 aliphatic heterocycles. The largest absolute Gasteiger partial charge is 0.327 e. The van der Waals surface area contributed by atoms with Crippen LogP contribution in [-0.4, -0.2) is 6.04 Å². The van der Waals surface area contributed by atoms with E-state index in [1.165, 1.54) is 15.6 Å². The topological polar surface area (TPSA) is 26.0 Å². The Bertz CT molecular complexity index is 357. The zero-order valence-electron chi connectivity index (χ0n) is 8.68. The van der Waals surface area contributed by atoms with Gasteiger partial charge in [-0.3, -0.25) is 0 Å². The maximum Gasteiger partial charge on any atom is 0.0178 e. The van der Waals surface area contributed by atoms with Crippen LogP contribution in [-0.2, 0) is 11.8 Å². The van der Waals surface area contributed by atoms with Crippen LogP contribution in [0.15, 0.2) is 22.7 Å². The fraction of sp³-hybridized carbons (Fsp3) is 0.500. The molecular formula is C12H16BrN. The van der Waals surface area contributed by atoms with Crippen LogP contribution in [0.4, 0.5) is 0 Å². The predicted molar refractivity (Wildman–Crippen MR) is 63.5 cm³/mol. The quantitative estimate of drug-likeness (QED) is 0.756. The van der Waals surface area contributed by atoms with Gasteiger partial charge in [-0.2, -0.15) is 0 Å². The third-order valence-electron chi connectivity index (χ3n) is 3.41. The average Bonchev–Trinajstić information content (AvgIpc) is 2.12. The summed E-state index contributed by atoms with van der Waals surface area (Å²) in [7, 11) is 0. The van der Waals surface area contributed by atoms with Gasteiger partial charge in [-0.25, -0.2) is 0 Å². The number of rotatable bonds is 0. The number of nitrogens with two attached hydrogens (primary N) is 1. The molecule has 14 heavy (non-hydrogen) atoms. The van der Waals surface area contributed by atoms with Crippen LogP contribution < -0.4 is 5.73 Å². The van der Waals surface area contributed by atoms with Crippen molar-refractivity contribution in [3.8, 4) is 0 Å². The van der Waals surface area contributed by atoms with Crippen LogP contribution in [0.3, 0.4) is 0 Å². The Labute approximate surface area is 93.8 Å². The van der Waals surface area contributed by atoms with Gasteiger partial charge < -0.3 is 5.73 Å². The Morgan fingerprint density at radius 1 is 1.43 bits per heavy atom.